The van der Waals surface area contributed by atoms with E-state index in [1.165, 1.54) is 24.3 Å². The Hall–Kier alpha value is -0.620. The summed E-state index contributed by atoms with van der Waals surface area (Å²) in [4.78, 5) is 0.160. The summed E-state index contributed by atoms with van der Waals surface area (Å²) >= 11 is 5.70. The normalized spacial score (nSPS) is 12.7. The highest BCUT2D eigenvalue weighted by molar-refractivity contribution is 7.89. The standard InChI is InChI=1S/C11H16ClNO3S/c1-11(2,7-8-14)13-17(15,16)10-5-3-9(12)4-6-10/h3-6,13-14H,7-8H2,1-2H3. The molecule has 96 valence electrons. The lowest BCUT2D eigenvalue weighted by molar-refractivity contribution is 0.246. The van der Waals surface area contributed by atoms with Crippen molar-refractivity contribution in [1.29, 1.82) is 0 Å². The lowest BCUT2D eigenvalue weighted by Gasteiger charge is -2.24. The summed E-state index contributed by atoms with van der Waals surface area (Å²) in [7, 11) is -3.58. The molecule has 0 fully saturated rings. The molecule has 17 heavy (non-hydrogen) atoms. The number of nitrogens with one attached hydrogen (secondary N) is 1. The van der Waals surface area contributed by atoms with Crippen molar-refractivity contribution in [2.45, 2.75) is 30.7 Å². The van der Waals surface area contributed by atoms with Crippen molar-refractivity contribution in [3.63, 3.8) is 0 Å². The smallest absolute Gasteiger partial charge is 0.241 e. The van der Waals surface area contributed by atoms with E-state index in [0.29, 0.717) is 11.4 Å². The molecule has 0 bridgehead atoms. The molecule has 0 unspecified atom stereocenters. The minimum Gasteiger partial charge on any atom is -0.396 e. The zero-order valence-electron chi connectivity index (χ0n) is 9.77. The van der Waals surface area contributed by atoms with Crippen molar-refractivity contribution in [3.05, 3.63) is 29.3 Å². The molecule has 0 aliphatic rings. The maximum absolute atomic E-state index is 12.0. The van der Waals surface area contributed by atoms with Crippen LogP contribution in [0.5, 0.6) is 0 Å². The summed E-state index contributed by atoms with van der Waals surface area (Å²) in [6.07, 6.45) is 0.347. The fraction of sp³-hybridized carbons (Fsp3) is 0.455. The Labute approximate surface area is 107 Å². The fourth-order valence-electron chi connectivity index (χ4n) is 1.37. The highest BCUT2D eigenvalue weighted by Gasteiger charge is 2.25. The van der Waals surface area contributed by atoms with Gasteiger partial charge in [-0.1, -0.05) is 11.6 Å². The molecule has 2 N–H and O–H groups in total. The monoisotopic (exact) mass is 277 g/mol. The number of aliphatic hydroxyl groups excluding tert-OH is 1. The quantitative estimate of drug-likeness (QED) is 0.862. The second-order valence-electron chi connectivity index (χ2n) is 4.42. The van der Waals surface area contributed by atoms with Crippen LogP contribution >= 0.6 is 11.6 Å². The molecule has 0 saturated carbocycles. The third kappa shape index (κ3) is 4.27. The van der Waals surface area contributed by atoms with E-state index < -0.39 is 15.6 Å². The van der Waals surface area contributed by atoms with Gasteiger partial charge in [-0.05, 0) is 44.5 Å². The topological polar surface area (TPSA) is 66.4 Å². The summed E-state index contributed by atoms with van der Waals surface area (Å²) in [6.45, 7) is 3.36. The largest absolute Gasteiger partial charge is 0.396 e. The molecule has 0 atom stereocenters. The van der Waals surface area contributed by atoms with Gasteiger partial charge in [-0.15, -0.1) is 0 Å². The Kier molecular flexibility index (Phi) is 4.55. The molecule has 0 radical (unpaired) electrons. The molecular weight excluding hydrogens is 262 g/mol. The third-order valence-corrected chi connectivity index (χ3v) is 4.24. The van der Waals surface area contributed by atoms with E-state index in [4.69, 9.17) is 16.7 Å². The van der Waals surface area contributed by atoms with Crippen molar-refractivity contribution < 1.29 is 13.5 Å². The summed E-state index contributed by atoms with van der Waals surface area (Å²) in [6, 6.07) is 5.93. The number of rotatable bonds is 5. The molecule has 0 saturated heterocycles. The van der Waals surface area contributed by atoms with Gasteiger partial charge in [-0.25, -0.2) is 13.1 Å². The van der Waals surface area contributed by atoms with Gasteiger partial charge >= 0.3 is 0 Å². The lowest BCUT2D eigenvalue weighted by Crippen LogP contribution is -2.43. The maximum Gasteiger partial charge on any atom is 0.241 e. The molecule has 0 aliphatic carbocycles. The Bertz CT molecular complexity index is 468. The third-order valence-electron chi connectivity index (χ3n) is 2.27. The minimum absolute atomic E-state index is 0.0733. The van der Waals surface area contributed by atoms with Crippen LogP contribution in [-0.4, -0.2) is 25.7 Å². The predicted octanol–water partition coefficient (Wildman–Crippen LogP) is 1.78. The van der Waals surface area contributed by atoms with E-state index in [2.05, 4.69) is 4.72 Å². The van der Waals surface area contributed by atoms with Crippen LogP contribution in [0, 0.1) is 0 Å². The van der Waals surface area contributed by atoms with Crippen LogP contribution in [0.3, 0.4) is 0 Å². The second-order valence-corrected chi connectivity index (χ2v) is 6.54. The van der Waals surface area contributed by atoms with Crippen molar-refractivity contribution in [2.75, 3.05) is 6.61 Å². The second kappa shape index (κ2) is 5.35. The van der Waals surface area contributed by atoms with Gasteiger partial charge in [0.15, 0.2) is 0 Å². The van der Waals surface area contributed by atoms with Crippen LogP contribution in [0.15, 0.2) is 29.2 Å². The van der Waals surface area contributed by atoms with Gasteiger partial charge in [-0.2, -0.15) is 0 Å². The first-order chi connectivity index (χ1) is 7.77. The number of sulfonamides is 1. The van der Waals surface area contributed by atoms with Gasteiger partial charge < -0.3 is 5.11 Å². The van der Waals surface area contributed by atoms with Crippen molar-refractivity contribution in [1.82, 2.24) is 4.72 Å². The Morgan fingerprint density at radius 3 is 2.29 bits per heavy atom. The molecule has 0 spiro atoms. The molecule has 0 aromatic heterocycles. The van der Waals surface area contributed by atoms with Crippen LogP contribution in [0.2, 0.25) is 5.02 Å². The van der Waals surface area contributed by atoms with Gasteiger partial charge in [0.25, 0.3) is 0 Å². The minimum atomic E-state index is -3.58. The van der Waals surface area contributed by atoms with Gasteiger partial charge in [0.2, 0.25) is 10.0 Å². The number of benzene rings is 1. The number of halogens is 1. The molecule has 1 aromatic rings. The van der Waals surface area contributed by atoms with Crippen LogP contribution in [0.4, 0.5) is 0 Å². The highest BCUT2D eigenvalue weighted by atomic mass is 35.5. The van der Waals surface area contributed by atoms with E-state index in [1.807, 2.05) is 0 Å². The summed E-state index contributed by atoms with van der Waals surface area (Å²) < 4.78 is 26.5. The highest BCUT2D eigenvalue weighted by Crippen LogP contribution is 2.17. The Balaban J connectivity index is 2.93. The molecule has 6 heteroatoms. The van der Waals surface area contributed by atoms with Crippen molar-refractivity contribution in [3.8, 4) is 0 Å². The first-order valence-corrected chi connectivity index (χ1v) is 7.03. The van der Waals surface area contributed by atoms with Crippen molar-refractivity contribution in [2.24, 2.45) is 0 Å². The van der Waals surface area contributed by atoms with E-state index in [1.54, 1.807) is 13.8 Å². The van der Waals surface area contributed by atoms with Gasteiger partial charge in [0.05, 0.1) is 4.90 Å². The van der Waals surface area contributed by atoms with Gasteiger partial charge in [-0.3, -0.25) is 0 Å². The zero-order valence-corrected chi connectivity index (χ0v) is 11.3. The van der Waals surface area contributed by atoms with E-state index in [0.717, 1.165) is 0 Å². The van der Waals surface area contributed by atoms with E-state index >= 15 is 0 Å². The van der Waals surface area contributed by atoms with Crippen LogP contribution in [0.25, 0.3) is 0 Å². The van der Waals surface area contributed by atoms with Crippen LogP contribution in [0.1, 0.15) is 20.3 Å². The molecule has 1 rings (SSSR count). The molecule has 1 aromatic carbocycles. The lowest BCUT2D eigenvalue weighted by atomic mass is 10.0. The summed E-state index contributed by atoms with van der Waals surface area (Å²) in [5.74, 6) is 0. The zero-order chi connectivity index (χ0) is 13.1. The average molecular weight is 278 g/mol. The predicted molar refractivity (Wildman–Crippen MR) is 67.6 cm³/mol. The first kappa shape index (κ1) is 14.4. The first-order valence-electron chi connectivity index (χ1n) is 5.17. The fourth-order valence-corrected chi connectivity index (χ4v) is 2.93. The van der Waals surface area contributed by atoms with E-state index in [9.17, 15) is 8.42 Å². The molecule has 0 heterocycles. The van der Waals surface area contributed by atoms with Crippen LogP contribution in [-0.2, 0) is 10.0 Å². The number of aliphatic hydroxyl groups is 1. The summed E-state index contributed by atoms with van der Waals surface area (Å²) in [5.41, 5.74) is -0.687. The van der Waals surface area contributed by atoms with E-state index in [-0.39, 0.29) is 11.5 Å². The Morgan fingerprint density at radius 2 is 1.82 bits per heavy atom. The molecule has 4 nitrogen and oxygen atoms in total. The van der Waals surface area contributed by atoms with Gasteiger partial charge in [0, 0.05) is 17.2 Å². The number of hydrogen-bond donors (Lipinski definition) is 2. The molecule has 0 amide bonds. The van der Waals surface area contributed by atoms with Crippen LogP contribution < -0.4 is 4.72 Å². The molecule has 0 aliphatic heterocycles. The van der Waals surface area contributed by atoms with Gasteiger partial charge in [0.1, 0.15) is 0 Å². The Morgan fingerprint density at radius 1 is 1.29 bits per heavy atom. The summed E-state index contributed by atoms with van der Waals surface area (Å²) in [5, 5.41) is 9.34. The maximum atomic E-state index is 12.0. The molecular formula is C11H16ClNO3S. The average Bonchev–Trinajstić information content (AvgIpc) is 2.16. The number of hydrogen-bond acceptors (Lipinski definition) is 3. The SMILES string of the molecule is CC(C)(CCO)NS(=O)(=O)c1ccc(Cl)cc1. The van der Waals surface area contributed by atoms with Crippen molar-refractivity contribution >= 4 is 21.6 Å².